The predicted octanol–water partition coefficient (Wildman–Crippen LogP) is 1.10. The number of hydrogen-bond acceptors (Lipinski definition) is 4. The number of carboxylic acid groups (broad SMARTS) is 1. The number of aliphatic carboxylic acids is 1. The highest BCUT2D eigenvalue weighted by atomic mass is 16.4. The average Bonchev–Trinajstić information content (AvgIpc) is 2.40. The largest absolute Gasteiger partial charge is 0.550 e. The summed E-state index contributed by atoms with van der Waals surface area (Å²) in [5.74, 6) is -1.43. The van der Waals surface area contributed by atoms with E-state index in [1.54, 1.807) is 30.3 Å². The minimum absolute atomic E-state index is 0.199. The molecule has 0 bridgehead atoms. The van der Waals surface area contributed by atoms with Crippen LogP contribution in [-0.2, 0) is 11.2 Å². The van der Waals surface area contributed by atoms with Gasteiger partial charge < -0.3 is 15.6 Å². The molecular weight excluding hydrogens is 254 g/mol. The topological polar surface area (TPSA) is 83.2 Å². The quantitative estimate of drug-likeness (QED) is 0.665. The van der Waals surface area contributed by atoms with Crippen molar-refractivity contribution in [3.8, 4) is 0 Å². The molecule has 0 aromatic heterocycles. The number of carbonyl (C=O) groups excluding carboxylic acids is 2. The predicted molar refractivity (Wildman–Crippen MR) is 74.2 cm³/mol. The van der Waals surface area contributed by atoms with Crippen LogP contribution < -0.4 is 10.8 Å². The highest BCUT2D eigenvalue weighted by Crippen LogP contribution is 2.22. The number of nitrogens with two attached hydrogens (primary N) is 1. The Hall–Kier alpha value is -2.62. The number of rotatable bonds is 4. The lowest BCUT2D eigenvalue weighted by Crippen LogP contribution is -2.25. The van der Waals surface area contributed by atoms with Gasteiger partial charge in [0, 0.05) is 29.2 Å². The molecule has 102 valence electrons. The average molecular weight is 268 g/mol. The van der Waals surface area contributed by atoms with E-state index in [0.29, 0.717) is 16.7 Å². The second-order valence-corrected chi connectivity index (χ2v) is 4.57. The molecule has 0 fully saturated rings. The van der Waals surface area contributed by atoms with Crippen molar-refractivity contribution in [2.24, 2.45) is 0 Å². The number of nitrogen functional groups attached to an aromatic ring is 1. The zero-order valence-corrected chi connectivity index (χ0v) is 11.1. The molecule has 0 atom stereocenters. The molecule has 4 heteroatoms. The highest BCUT2D eigenvalue weighted by Gasteiger charge is 2.15. The molecule has 0 unspecified atom stereocenters. The zero-order chi connectivity index (χ0) is 14.7. The molecule has 0 spiro atoms. The fourth-order valence-electron chi connectivity index (χ4n) is 2.09. The summed E-state index contributed by atoms with van der Waals surface area (Å²) in [7, 11) is 0. The standard InChI is InChI=1S/C16H15NO3/c1-10-5-2-3-7-12(10)16(20)13-8-4-6-11(15(13)17)9-14(18)19/h2-8H,9,17H2,1H3,(H,18,19)/p-1. The van der Waals surface area contributed by atoms with Crippen LogP contribution in [-0.4, -0.2) is 11.8 Å². The molecule has 2 aromatic rings. The summed E-state index contributed by atoms with van der Waals surface area (Å²) in [5, 5.41) is 10.7. The van der Waals surface area contributed by atoms with Crippen LogP contribution in [0.2, 0.25) is 0 Å². The summed E-state index contributed by atoms with van der Waals surface area (Å²) in [4.78, 5) is 23.2. The molecule has 0 amide bonds. The normalized spacial score (nSPS) is 10.2. The lowest BCUT2D eigenvalue weighted by Gasteiger charge is -2.12. The Morgan fingerprint density at radius 3 is 2.35 bits per heavy atom. The van der Waals surface area contributed by atoms with Gasteiger partial charge in [0.25, 0.3) is 0 Å². The van der Waals surface area contributed by atoms with Crippen LogP contribution in [0.1, 0.15) is 27.0 Å². The van der Waals surface area contributed by atoms with Crippen molar-refractivity contribution >= 4 is 17.4 Å². The van der Waals surface area contributed by atoms with E-state index < -0.39 is 5.97 Å². The van der Waals surface area contributed by atoms with Crippen molar-refractivity contribution < 1.29 is 14.7 Å². The number of carbonyl (C=O) groups is 2. The van der Waals surface area contributed by atoms with Gasteiger partial charge in [-0.05, 0) is 24.1 Å². The molecule has 2 aromatic carbocycles. The summed E-state index contributed by atoms with van der Waals surface area (Å²) in [6.07, 6.45) is -0.305. The second kappa shape index (κ2) is 5.57. The van der Waals surface area contributed by atoms with Crippen LogP contribution in [0.3, 0.4) is 0 Å². The van der Waals surface area contributed by atoms with E-state index in [1.807, 2.05) is 19.1 Å². The first kappa shape index (κ1) is 13.8. The molecule has 0 aliphatic rings. The monoisotopic (exact) mass is 268 g/mol. The van der Waals surface area contributed by atoms with Crippen LogP contribution in [0.15, 0.2) is 42.5 Å². The molecule has 0 aliphatic heterocycles. The van der Waals surface area contributed by atoms with Gasteiger partial charge in [-0.1, -0.05) is 36.4 Å². The third kappa shape index (κ3) is 2.69. The van der Waals surface area contributed by atoms with Crippen molar-refractivity contribution in [2.75, 3.05) is 5.73 Å². The van der Waals surface area contributed by atoms with Gasteiger partial charge in [0.1, 0.15) is 0 Å². The van der Waals surface area contributed by atoms with Gasteiger partial charge in [0.05, 0.1) is 0 Å². The summed E-state index contributed by atoms with van der Waals surface area (Å²) in [5.41, 5.74) is 8.23. The van der Waals surface area contributed by atoms with Gasteiger partial charge in [-0.25, -0.2) is 0 Å². The van der Waals surface area contributed by atoms with E-state index in [2.05, 4.69) is 0 Å². The maximum absolute atomic E-state index is 12.5. The van der Waals surface area contributed by atoms with Gasteiger partial charge in [0.2, 0.25) is 0 Å². The molecule has 0 saturated heterocycles. The lowest BCUT2D eigenvalue weighted by molar-refractivity contribution is -0.304. The number of para-hydroxylation sites is 1. The van der Waals surface area contributed by atoms with E-state index in [9.17, 15) is 14.7 Å². The minimum atomic E-state index is -1.22. The fourth-order valence-corrected chi connectivity index (χ4v) is 2.09. The van der Waals surface area contributed by atoms with Gasteiger partial charge in [0.15, 0.2) is 5.78 Å². The second-order valence-electron chi connectivity index (χ2n) is 4.57. The summed E-state index contributed by atoms with van der Waals surface area (Å²) in [6.45, 7) is 1.84. The van der Waals surface area contributed by atoms with Crippen LogP contribution in [0.5, 0.6) is 0 Å². The van der Waals surface area contributed by atoms with Gasteiger partial charge in [-0.2, -0.15) is 0 Å². The molecule has 4 nitrogen and oxygen atoms in total. The maximum Gasteiger partial charge on any atom is 0.195 e. The van der Waals surface area contributed by atoms with Gasteiger partial charge >= 0.3 is 0 Å². The Bertz CT molecular complexity index is 677. The number of ketones is 1. The van der Waals surface area contributed by atoms with Crippen LogP contribution in [0.25, 0.3) is 0 Å². The molecule has 0 aliphatic carbocycles. The first-order valence-electron chi connectivity index (χ1n) is 6.18. The van der Waals surface area contributed by atoms with E-state index in [4.69, 9.17) is 5.73 Å². The van der Waals surface area contributed by atoms with Crippen molar-refractivity contribution in [1.29, 1.82) is 0 Å². The molecular formula is C16H14NO3-. The number of benzene rings is 2. The highest BCUT2D eigenvalue weighted by molar-refractivity contribution is 6.13. The van der Waals surface area contributed by atoms with Crippen LogP contribution >= 0.6 is 0 Å². The van der Waals surface area contributed by atoms with Gasteiger partial charge in [-0.3, -0.25) is 4.79 Å². The first-order chi connectivity index (χ1) is 9.50. The number of aryl methyl sites for hydroxylation is 1. The summed E-state index contributed by atoms with van der Waals surface area (Å²) in [6, 6.07) is 12.0. The number of hydrogen-bond donors (Lipinski definition) is 1. The Labute approximate surface area is 116 Å². The Balaban J connectivity index is 2.46. The SMILES string of the molecule is Cc1ccccc1C(=O)c1cccc(CC(=O)[O-])c1N. The molecule has 0 radical (unpaired) electrons. The van der Waals surface area contributed by atoms with E-state index in [1.165, 1.54) is 0 Å². The van der Waals surface area contributed by atoms with Crippen molar-refractivity contribution in [2.45, 2.75) is 13.3 Å². The van der Waals surface area contributed by atoms with Crippen LogP contribution in [0, 0.1) is 6.92 Å². The minimum Gasteiger partial charge on any atom is -0.550 e. The van der Waals surface area contributed by atoms with Crippen molar-refractivity contribution in [1.82, 2.24) is 0 Å². The van der Waals surface area contributed by atoms with Gasteiger partial charge in [-0.15, -0.1) is 0 Å². The summed E-state index contributed by atoms with van der Waals surface area (Å²) < 4.78 is 0. The van der Waals surface area contributed by atoms with Crippen LogP contribution in [0.4, 0.5) is 5.69 Å². The van der Waals surface area contributed by atoms with Crippen molar-refractivity contribution in [3.63, 3.8) is 0 Å². The Kier molecular flexibility index (Phi) is 3.84. The maximum atomic E-state index is 12.5. The smallest absolute Gasteiger partial charge is 0.195 e. The fraction of sp³-hybridized carbons (Fsp3) is 0.125. The third-order valence-electron chi connectivity index (χ3n) is 3.17. The third-order valence-corrected chi connectivity index (χ3v) is 3.17. The molecule has 0 heterocycles. The lowest BCUT2D eigenvalue weighted by atomic mass is 9.95. The van der Waals surface area contributed by atoms with E-state index in [-0.39, 0.29) is 17.9 Å². The summed E-state index contributed by atoms with van der Waals surface area (Å²) >= 11 is 0. The van der Waals surface area contributed by atoms with E-state index >= 15 is 0 Å². The van der Waals surface area contributed by atoms with E-state index in [0.717, 1.165) is 5.56 Å². The molecule has 20 heavy (non-hydrogen) atoms. The Morgan fingerprint density at radius 2 is 1.70 bits per heavy atom. The molecule has 2 N–H and O–H groups in total. The zero-order valence-electron chi connectivity index (χ0n) is 11.1. The number of anilines is 1. The number of carboxylic acids is 1. The molecule has 2 rings (SSSR count). The first-order valence-corrected chi connectivity index (χ1v) is 6.18. The molecule has 0 saturated carbocycles. The Morgan fingerprint density at radius 1 is 1.05 bits per heavy atom. The van der Waals surface area contributed by atoms with Crippen molar-refractivity contribution in [3.05, 3.63) is 64.7 Å².